The Morgan fingerprint density at radius 2 is 1.77 bits per heavy atom. The van der Waals surface area contributed by atoms with Crippen molar-refractivity contribution in [3.8, 4) is 0 Å². The lowest BCUT2D eigenvalue weighted by atomic mass is 10.0. The second-order valence-corrected chi connectivity index (χ2v) is 5.80. The molecule has 1 heterocycles. The van der Waals surface area contributed by atoms with E-state index in [-0.39, 0.29) is 5.97 Å². The van der Waals surface area contributed by atoms with Gasteiger partial charge in [-0.2, -0.15) is 0 Å². The van der Waals surface area contributed by atoms with Gasteiger partial charge in [0.05, 0.1) is 5.57 Å². The SMILES string of the molecule is Cc1ccc(C2=C/C(=C\c3ccc(Cl)cc3)C(=O)O2)c(C)c1. The Hall–Kier alpha value is -2.32. The maximum absolute atomic E-state index is 12.0. The molecule has 0 amide bonds. The van der Waals surface area contributed by atoms with Gasteiger partial charge in [0, 0.05) is 10.6 Å². The number of aryl methyl sites for hydroxylation is 2. The van der Waals surface area contributed by atoms with Crippen molar-refractivity contribution >= 4 is 29.4 Å². The van der Waals surface area contributed by atoms with Crippen LogP contribution in [0.1, 0.15) is 22.3 Å². The number of cyclic esters (lactones) is 1. The van der Waals surface area contributed by atoms with Crippen LogP contribution in [-0.4, -0.2) is 5.97 Å². The van der Waals surface area contributed by atoms with Crippen LogP contribution in [0, 0.1) is 13.8 Å². The molecular formula is C19H15ClO2. The second kappa shape index (κ2) is 5.82. The van der Waals surface area contributed by atoms with Crippen LogP contribution in [0.5, 0.6) is 0 Å². The lowest BCUT2D eigenvalue weighted by Gasteiger charge is -2.06. The lowest BCUT2D eigenvalue weighted by molar-refractivity contribution is -0.130. The minimum atomic E-state index is -0.329. The maximum atomic E-state index is 12.0. The Labute approximate surface area is 134 Å². The van der Waals surface area contributed by atoms with Crippen molar-refractivity contribution in [1.82, 2.24) is 0 Å². The molecule has 2 aromatic rings. The third-order valence-corrected chi connectivity index (χ3v) is 3.82. The van der Waals surface area contributed by atoms with Crippen molar-refractivity contribution in [2.24, 2.45) is 0 Å². The van der Waals surface area contributed by atoms with E-state index in [1.807, 2.05) is 38.1 Å². The molecule has 0 saturated heterocycles. The number of hydrogen-bond donors (Lipinski definition) is 0. The van der Waals surface area contributed by atoms with Crippen LogP contribution in [-0.2, 0) is 9.53 Å². The molecule has 3 rings (SSSR count). The highest BCUT2D eigenvalue weighted by Crippen LogP contribution is 2.29. The number of halogens is 1. The fraction of sp³-hybridized carbons (Fsp3) is 0.105. The summed E-state index contributed by atoms with van der Waals surface area (Å²) in [5.41, 5.74) is 4.67. The molecule has 0 spiro atoms. The summed E-state index contributed by atoms with van der Waals surface area (Å²) in [4.78, 5) is 12.0. The summed E-state index contributed by atoms with van der Waals surface area (Å²) in [6, 6.07) is 13.4. The van der Waals surface area contributed by atoms with E-state index in [0.29, 0.717) is 16.4 Å². The first-order chi connectivity index (χ1) is 10.5. The molecule has 0 fully saturated rings. The van der Waals surface area contributed by atoms with Gasteiger partial charge < -0.3 is 4.74 Å². The molecule has 110 valence electrons. The molecule has 2 nitrogen and oxygen atoms in total. The average Bonchev–Trinajstić information content (AvgIpc) is 2.82. The van der Waals surface area contributed by atoms with Crippen LogP contribution < -0.4 is 0 Å². The highest BCUT2D eigenvalue weighted by Gasteiger charge is 2.22. The van der Waals surface area contributed by atoms with E-state index >= 15 is 0 Å². The minimum absolute atomic E-state index is 0.329. The summed E-state index contributed by atoms with van der Waals surface area (Å²) >= 11 is 5.87. The molecule has 0 unspecified atom stereocenters. The van der Waals surface area contributed by atoms with E-state index in [9.17, 15) is 4.79 Å². The predicted molar refractivity (Wildman–Crippen MR) is 89.4 cm³/mol. The Kier molecular flexibility index (Phi) is 3.86. The predicted octanol–water partition coefficient (Wildman–Crippen LogP) is 4.94. The summed E-state index contributed by atoms with van der Waals surface area (Å²) in [6.07, 6.45) is 3.59. The van der Waals surface area contributed by atoms with Crippen LogP contribution in [0.4, 0.5) is 0 Å². The van der Waals surface area contributed by atoms with Crippen LogP contribution >= 0.6 is 11.6 Å². The van der Waals surface area contributed by atoms with E-state index in [1.54, 1.807) is 24.3 Å². The zero-order chi connectivity index (χ0) is 15.7. The Morgan fingerprint density at radius 1 is 1.05 bits per heavy atom. The second-order valence-electron chi connectivity index (χ2n) is 5.37. The van der Waals surface area contributed by atoms with Gasteiger partial charge >= 0.3 is 5.97 Å². The first-order valence-corrected chi connectivity index (χ1v) is 7.39. The molecular weight excluding hydrogens is 296 g/mol. The van der Waals surface area contributed by atoms with Gasteiger partial charge in [-0.1, -0.05) is 47.5 Å². The highest BCUT2D eigenvalue weighted by atomic mass is 35.5. The van der Waals surface area contributed by atoms with Crippen molar-refractivity contribution in [3.63, 3.8) is 0 Å². The smallest absolute Gasteiger partial charge is 0.343 e. The first-order valence-electron chi connectivity index (χ1n) is 7.02. The minimum Gasteiger partial charge on any atom is -0.422 e. The van der Waals surface area contributed by atoms with Gasteiger partial charge in [0.2, 0.25) is 0 Å². The molecule has 1 aliphatic heterocycles. The Bertz CT molecular complexity index is 799. The van der Waals surface area contributed by atoms with E-state index in [1.165, 1.54) is 5.56 Å². The standard InChI is InChI=1S/C19H15ClO2/c1-12-3-8-17(13(2)9-12)18-11-15(19(21)22-18)10-14-4-6-16(20)7-5-14/h3-11H,1-2H3/b15-10+. The Morgan fingerprint density at radius 3 is 2.45 bits per heavy atom. The summed E-state index contributed by atoms with van der Waals surface area (Å²) < 4.78 is 5.40. The van der Waals surface area contributed by atoms with Crippen LogP contribution in [0.2, 0.25) is 5.02 Å². The molecule has 2 aromatic carbocycles. The third kappa shape index (κ3) is 2.97. The van der Waals surface area contributed by atoms with Crippen LogP contribution in [0.3, 0.4) is 0 Å². The highest BCUT2D eigenvalue weighted by molar-refractivity contribution is 6.30. The van der Waals surface area contributed by atoms with Crippen molar-refractivity contribution in [2.75, 3.05) is 0 Å². The Balaban J connectivity index is 1.96. The van der Waals surface area contributed by atoms with Crippen molar-refractivity contribution in [1.29, 1.82) is 0 Å². The number of ether oxygens (including phenoxy) is 1. The summed E-state index contributed by atoms with van der Waals surface area (Å²) in [5, 5.41) is 0.669. The first kappa shape index (κ1) is 14.6. The van der Waals surface area contributed by atoms with Gasteiger partial charge in [0.1, 0.15) is 5.76 Å². The molecule has 0 aliphatic carbocycles. The zero-order valence-corrected chi connectivity index (χ0v) is 13.1. The number of carbonyl (C=O) groups excluding carboxylic acids is 1. The number of carbonyl (C=O) groups is 1. The number of hydrogen-bond acceptors (Lipinski definition) is 2. The molecule has 0 radical (unpaired) electrons. The van der Waals surface area contributed by atoms with Crippen LogP contribution in [0.25, 0.3) is 11.8 Å². The largest absolute Gasteiger partial charge is 0.422 e. The third-order valence-electron chi connectivity index (χ3n) is 3.56. The number of benzene rings is 2. The van der Waals surface area contributed by atoms with Gasteiger partial charge in [0.15, 0.2) is 0 Å². The summed E-state index contributed by atoms with van der Waals surface area (Å²) in [7, 11) is 0. The normalized spacial score (nSPS) is 15.9. The lowest BCUT2D eigenvalue weighted by Crippen LogP contribution is -1.98. The molecule has 0 atom stereocenters. The zero-order valence-electron chi connectivity index (χ0n) is 12.4. The molecule has 0 bridgehead atoms. The topological polar surface area (TPSA) is 26.3 Å². The van der Waals surface area contributed by atoms with Gasteiger partial charge in [-0.3, -0.25) is 0 Å². The number of esters is 1. The fourth-order valence-corrected chi connectivity index (χ4v) is 2.58. The summed E-state index contributed by atoms with van der Waals surface area (Å²) in [6.45, 7) is 4.05. The van der Waals surface area contributed by atoms with Gasteiger partial charge in [-0.25, -0.2) is 4.79 Å². The average molecular weight is 311 g/mol. The van der Waals surface area contributed by atoms with E-state index in [0.717, 1.165) is 16.7 Å². The molecule has 1 aliphatic rings. The van der Waals surface area contributed by atoms with Crippen molar-refractivity contribution in [2.45, 2.75) is 13.8 Å². The molecule has 0 N–H and O–H groups in total. The number of rotatable bonds is 2. The van der Waals surface area contributed by atoms with Gasteiger partial charge in [-0.15, -0.1) is 0 Å². The summed E-state index contributed by atoms with van der Waals surface area (Å²) in [5.74, 6) is 0.271. The molecule has 3 heteroatoms. The quantitative estimate of drug-likeness (QED) is 0.580. The van der Waals surface area contributed by atoms with Gasteiger partial charge in [-0.05, 0) is 49.3 Å². The van der Waals surface area contributed by atoms with E-state index in [4.69, 9.17) is 16.3 Å². The fourth-order valence-electron chi connectivity index (χ4n) is 2.45. The molecule has 22 heavy (non-hydrogen) atoms. The van der Waals surface area contributed by atoms with E-state index < -0.39 is 0 Å². The van der Waals surface area contributed by atoms with Gasteiger partial charge in [0.25, 0.3) is 0 Å². The molecule has 0 saturated carbocycles. The van der Waals surface area contributed by atoms with Crippen LogP contribution in [0.15, 0.2) is 54.1 Å². The van der Waals surface area contributed by atoms with E-state index in [2.05, 4.69) is 6.07 Å². The monoisotopic (exact) mass is 310 g/mol. The molecule has 0 aromatic heterocycles. The van der Waals surface area contributed by atoms with Crippen molar-refractivity contribution < 1.29 is 9.53 Å². The van der Waals surface area contributed by atoms with Crippen molar-refractivity contribution in [3.05, 3.63) is 81.4 Å². The maximum Gasteiger partial charge on any atom is 0.343 e.